The fourth-order valence-electron chi connectivity index (χ4n) is 3.42. The van der Waals surface area contributed by atoms with E-state index in [9.17, 15) is 4.79 Å². The molecule has 0 bridgehead atoms. The molecule has 1 aromatic carbocycles. The second-order valence-electron chi connectivity index (χ2n) is 6.10. The quantitative estimate of drug-likeness (QED) is 0.602. The van der Waals surface area contributed by atoms with Gasteiger partial charge < -0.3 is 23.7 Å². The van der Waals surface area contributed by atoms with Gasteiger partial charge in [0.2, 0.25) is 0 Å². The zero-order chi connectivity index (χ0) is 17.9. The van der Waals surface area contributed by atoms with Gasteiger partial charge in [0.05, 0.1) is 34.0 Å². The molecule has 3 rings (SSSR count). The topological polar surface area (TPSA) is 63.2 Å². The van der Waals surface area contributed by atoms with E-state index in [0.717, 1.165) is 5.56 Å². The Morgan fingerprint density at radius 2 is 1.80 bits per heavy atom. The third kappa shape index (κ3) is 3.12. The first kappa shape index (κ1) is 17.8. The highest BCUT2D eigenvalue weighted by Gasteiger charge is 2.48. The summed E-state index contributed by atoms with van der Waals surface area (Å²) < 4.78 is 27.5. The van der Waals surface area contributed by atoms with Crippen molar-refractivity contribution in [1.29, 1.82) is 0 Å². The molecule has 25 heavy (non-hydrogen) atoms. The molecule has 2 aliphatic rings. The van der Waals surface area contributed by atoms with E-state index in [1.54, 1.807) is 27.2 Å². The summed E-state index contributed by atoms with van der Waals surface area (Å²) >= 11 is 0. The summed E-state index contributed by atoms with van der Waals surface area (Å²) in [5.74, 6) is 0.188. The zero-order valence-electron chi connectivity index (χ0n) is 14.9. The summed E-state index contributed by atoms with van der Waals surface area (Å²) in [5, 5.41) is 0. The summed E-state index contributed by atoms with van der Waals surface area (Å²) in [4.78, 5) is 12.9. The van der Waals surface area contributed by atoms with Gasteiger partial charge in [0.15, 0.2) is 17.3 Å². The molecule has 136 valence electrons. The zero-order valence-corrected chi connectivity index (χ0v) is 14.9. The van der Waals surface area contributed by atoms with Crippen LogP contribution in [0, 0.1) is 0 Å². The first-order valence-corrected chi connectivity index (χ1v) is 8.47. The highest BCUT2D eigenvalue weighted by molar-refractivity contribution is 5.86. The van der Waals surface area contributed by atoms with Crippen LogP contribution in [0.15, 0.2) is 30.4 Å². The standard InChI is InChI=1S/C19H24O6/c1-4-23-17(20)18(7-9-19(10-8-18)24-11-12-25-19)14-5-6-15(21-2)16(13-14)22-3/h5-7,9,13H,4,8,10-12H2,1-3H3/t18-/m0/s1. The molecule has 1 saturated heterocycles. The maximum absolute atomic E-state index is 12.9. The molecular formula is C19H24O6. The molecule has 1 atom stereocenters. The van der Waals surface area contributed by atoms with Crippen molar-refractivity contribution in [3.8, 4) is 11.5 Å². The molecule has 1 spiro atoms. The van der Waals surface area contributed by atoms with Gasteiger partial charge in [-0.2, -0.15) is 0 Å². The number of benzene rings is 1. The molecule has 6 heteroatoms. The van der Waals surface area contributed by atoms with Gasteiger partial charge in [-0.3, -0.25) is 4.79 Å². The van der Waals surface area contributed by atoms with Gasteiger partial charge >= 0.3 is 5.97 Å². The maximum Gasteiger partial charge on any atom is 0.320 e. The summed E-state index contributed by atoms with van der Waals surface area (Å²) in [5.41, 5.74) is -0.0939. The number of hydrogen-bond donors (Lipinski definition) is 0. The van der Waals surface area contributed by atoms with Crippen molar-refractivity contribution in [1.82, 2.24) is 0 Å². The van der Waals surface area contributed by atoms with Crippen molar-refractivity contribution in [3.05, 3.63) is 35.9 Å². The Labute approximate surface area is 147 Å². The van der Waals surface area contributed by atoms with Crippen LogP contribution in [0.2, 0.25) is 0 Å². The van der Waals surface area contributed by atoms with Crippen molar-refractivity contribution < 1.29 is 28.5 Å². The van der Waals surface area contributed by atoms with Crippen LogP contribution in [0.3, 0.4) is 0 Å². The molecule has 0 unspecified atom stereocenters. The van der Waals surface area contributed by atoms with Crippen LogP contribution in [0.25, 0.3) is 0 Å². The summed E-state index contributed by atoms with van der Waals surface area (Å²) in [6.07, 6.45) is 4.80. The molecule has 1 aromatic rings. The van der Waals surface area contributed by atoms with Crippen LogP contribution in [0.1, 0.15) is 25.3 Å². The summed E-state index contributed by atoms with van der Waals surface area (Å²) in [6.45, 7) is 3.25. The van der Waals surface area contributed by atoms with Crippen molar-refractivity contribution >= 4 is 5.97 Å². The molecule has 6 nitrogen and oxygen atoms in total. The van der Waals surface area contributed by atoms with Gasteiger partial charge in [-0.25, -0.2) is 0 Å². The van der Waals surface area contributed by atoms with Gasteiger partial charge in [-0.15, -0.1) is 0 Å². The lowest BCUT2D eigenvalue weighted by molar-refractivity contribution is -0.154. The normalized spacial score (nSPS) is 24.3. The Morgan fingerprint density at radius 1 is 1.08 bits per heavy atom. The largest absolute Gasteiger partial charge is 0.493 e. The lowest BCUT2D eigenvalue weighted by Crippen LogP contribution is -2.43. The second-order valence-corrected chi connectivity index (χ2v) is 6.10. The lowest BCUT2D eigenvalue weighted by Gasteiger charge is -2.37. The van der Waals surface area contributed by atoms with Crippen molar-refractivity contribution in [3.63, 3.8) is 0 Å². The summed E-state index contributed by atoms with van der Waals surface area (Å²) in [6, 6.07) is 5.50. The third-order valence-electron chi connectivity index (χ3n) is 4.80. The van der Waals surface area contributed by atoms with E-state index < -0.39 is 11.2 Å². The number of carbonyl (C=O) groups excluding carboxylic acids is 1. The van der Waals surface area contributed by atoms with Crippen LogP contribution >= 0.6 is 0 Å². The first-order chi connectivity index (χ1) is 12.1. The van der Waals surface area contributed by atoms with E-state index in [2.05, 4.69) is 0 Å². The molecule has 0 N–H and O–H groups in total. The highest BCUT2D eigenvalue weighted by atomic mass is 16.7. The Morgan fingerprint density at radius 3 is 2.36 bits per heavy atom. The van der Waals surface area contributed by atoms with Gasteiger partial charge in [-0.05, 0) is 37.1 Å². The Hall–Kier alpha value is -2.05. The molecule has 0 amide bonds. The van der Waals surface area contributed by atoms with E-state index in [4.69, 9.17) is 23.7 Å². The van der Waals surface area contributed by atoms with Crippen molar-refractivity contribution in [2.24, 2.45) is 0 Å². The monoisotopic (exact) mass is 348 g/mol. The van der Waals surface area contributed by atoms with Crippen LogP contribution in [-0.4, -0.2) is 45.8 Å². The molecule has 0 aromatic heterocycles. The van der Waals surface area contributed by atoms with E-state index in [1.165, 1.54) is 0 Å². The minimum Gasteiger partial charge on any atom is -0.493 e. The first-order valence-electron chi connectivity index (χ1n) is 8.47. The Balaban J connectivity index is 2.03. The van der Waals surface area contributed by atoms with Gasteiger partial charge in [0.25, 0.3) is 0 Å². The SMILES string of the molecule is CCOC(=O)[C@@]1(c2ccc(OC)c(OC)c2)C=CC2(CC1)OCCO2. The Kier molecular flexibility index (Phi) is 5.01. The minimum absolute atomic E-state index is 0.286. The third-order valence-corrected chi connectivity index (χ3v) is 4.80. The van der Waals surface area contributed by atoms with Gasteiger partial charge in [0.1, 0.15) is 5.41 Å². The van der Waals surface area contributed by atoms with Gasteiger partial charge in [0, 0.05) is 6.42 Å². The highest BCUT2D eigenvalue weighted by Crippen LogP contribution is 2.44. The second kappa shape index (κ2) is 7.06. The van der Waals surface area contributed by atoms with Gasteiger partial charge in [-0.1, -0.05) is 12.1 Å². The molecule has 1 heterocycles. The van der Waals surface area contributed by atoms with Crippen molar-refractivity contribution in [2.45, 2.75) is 31.0 Å². The van der Waals surface area contributed by atoms with Crippen LogP contribution in [0.4, 0.5) is 0 Å². The molecular weight excluding hydrogens is 324 g/mol. The van der Waals surface area contributed by atoms with Crippen molar-refractivity contribution in [2.75, 3.05) is 34.0 Å². The molecule has 1 aliphatic carbocycles. The lowest BCUT2D eigenvalue weighted by atomic mass is 9.72. The number of rotatable bonds is 5. The predicted molar refractivity (Wildman–Crippen MR) is 90.9 cm³/mol. The molecule has 1 aliphatic heterocycles. The number of esters is 1. The minimum atomic E-state index is -0.893. The summed E-state index contributed by atoms with van der Waals surface area (Å²) in [7, 11) is 3.16. The fraction of sp³-hybridized carbons (Fsp3) is 0.526. The van der Waals surface area contributed by atoms with E-state index >= 15 is 0 Å². The number of hydrogen-bond acceptors (Lipinski definition) is 6. The van der Waals surface area contributed by atoms with Crippen LogP contribution < -0.4 is 9.47 Å². The molecule has 0 radical (unpaired) electrons. The van der Waals surface area contributed by atoms with Crippen LogP contribution in [0.5, 0.6) is 11.5 Å². The Bertz CT molecular complexity index is 662. The fourth-order valence-corrected chi connectivity index (χ4v) is 3.42. The molecule has 1 fully saturated rings. The number of carbonyl (C=O) groups is 1. The average Bonchev–Trinajstić information content (AvgIpc) is 3.10. The predicted octanol–water partition coefficient (Wildman–Crippen LogP) is 2.60. The molecule has 0 saturated carbocycles. The average molecular weight is 348 g/mol. The van der Waals surface area contributed by atoms with Crippen LogP contribution in [-0.2, 0) is 24.4 Å². The van der Waals surface area contributed by atoms with E-state index in [0.29, 0.717) is 44.2 Å². The van der Waals surface area contributed by atoms with E-state index in [1.807, 2.05) is 24.3 Å². The number of ether oxygens (including phenoxy) is 5. The van der Waals surface area contributed by atoms with E-state index in [-0.39, 0.29) is 5.97 Å². The maximum atomic E-state index is 12.9. The smallest absolute Gasteiger partial charge is 0.320 e. The number of methoxy groups -OCH3 is 2.